The highest BCUT2D eigenvalue weighted by molar-refractivity contribution is 8.01. The zero-order valence-electron chi connectivity index (χ0n) is 15.2. The summed E-state index contributed by atoms with van der Waals surface area (Å²) in [6, 6.07) is 5.69. The van der Waals surface area contributed by atoms with Gasteiger partial charge in [0, 0.05) is 11.4 Å². The largest absolute Gasteiger partial charge is 0.481 e. The molecule has 142 valence electrons. The number of amides is 1. The molecule has 0 radical (unpaired) electrons. The van der Waals surface area contributed by atoms with Crippen molar-refractivity contribution in [3.05, 3.63) is 30.4 Å². The van der Waals surface area contributed by atoms with E-state index in [9.17, 15) is 14.7 Å². The van der Waals surface area contributed by atoms with Crippen LogP contribution in [0.25, 0.3) is 10.2 Å². The normalized spacial score (nSPS) is 26.2. The van der Waals surface area contributed by atoms with E-state index in [-0.39, 0.29) is 17.7 Å². The lowest BCUT2D eigenvalue weighted by Gasteiger charge is -2.23. The summed E-state index contributed by atoms with van der Waals surface area (Å²) in [5, 5.41) is 12.5. The Morgan fingerprint density at radius 1 is 1.30 bits per heavy atom. The maximum absolute atomic E-state index is 12.8. The fraction of sp³-hybridized carbons (Fsp3) is 0.450. The van der Waals surface area contributed by atoms with Gasteiger partial charge < -0.3 is 10.4 Å². The molecule has 2 N–H and O–H groups in total. The van der Waals surface area contributed by atoms with Crippen LogP contribution in [0, 0.1) is 29.6 Å². The van der Waals surface area contributed by atoms with Crippen molar-refractivity contribution in [3.8, 4) is 0 Å². The lowest BCUT2D eigenvalue weighted by Crippen LogP contribution is -2.36. The molecule has 2 bridgehead atoms. The van der Waals surface area contributed by atoms with Crippen LogP contribution in [0.2, 0.25) is 0 Å². The zero-order valence-corrected chi connectivity index (χ0v) is 16.8. The molecule has 1 saturated carbocycles. The molecular formula is C20H22N2O3S2. The van der Waals surface area contributed by atoms with Crippen LogP contribution in [0.5, 0.6) is 0 Å². The van der Waals surface area contributed by atoms with Crippen LogP contribution in [0.1, 0.15) is 20.3 Å². The van der Waals surface area contributed by atoms with Gasteiger partial charge in [-0.05, 0) is 42.4 Å². The highest BCUT2D eigenvalue weighted by atomic mass is 32.2. The number of nitrogens with zero attached hydrogens (tertiary/aromatic N) is 1. The van der Waals surface area contributed by atoms with Crippen LogP contribution in [0.3, 0.4) is 0 Å². The molecule has 0 saturated heterocycles. The standard InChI is InChI=1S/C20H22N2O3S2/c1-10(2)9-26-20-22-14-6-5-13(8-15(14)27-20)21-18(23)16-11-3-4-12(7-11)17(16)19(24)25/h3-6,8,10-12,16-17H,7,9H2,1-2H3,(H,21,23)(H,24,25)/t11-,12-,16-,17-/m0/s1. The van der Waals surface area contributed by atoms with Crippen molar-refractivity contribution in [2.45, 2.75) is 24.6 Å². The number of hydrogen-bond acceptors (Lipinski definition) is 5. The number of benzene rings is 1. The Kier molecular flexibility index (Phi) is 4.99. The Labute approximate surface area is 166 Å². The number of anilines is 1. The Bertz CT molecular complexity index is 921. The first-order valence-corrected chi connectivity index (χ1v) is 11.0. The van der Waals surface area contributed by atoms with E-state index in [2.05, 4.69) is 24.1 Å². The molecule has 1 aromatic heterocycles. The number of carboxylic acids is 1. The van der Waals surface area contributed by atoms with E-state index in [1.807, 2.05) is 30.4 Å². The van der Waals surface area contributed by atoms with Gasteiger partial charge in [0.2, 0.25) is 5.91 Å². The average Bonchev–Trinajstić information content (AvgIpc) is 3.32. The van der Waals surface area contributed by atoms with Crippen molar-refractivity contribution in [1.29, 1.82) is 0 Å². The van der Waals surface area contributed by atoms with Crippen molar-refractivity contribution < 1.29 is 14.7 Å². The number of hydrogen-bond donors (Lipinski definition) is 2. The molecule has 27 heavy (non-hydrogen) atoms. The van der Waals surface area contributed by atoms with Crippen LogP contribution in [-0.4, -0.2) is 27.7 Å². The van der Waals surface area contributed by atoms with E-state index in [0.29, 0.717) is 11.6 Å². The van der Waals surface area contributed by atoms with E-state index >= 15 is 0 Å². The fourth-order valence-corrected chi connectivity index (χ4v) is 6.11. The Balaban J connectivity index is 1.50. The van der Waals surface area contributed by atoms with E-state index < -0.39 is 17.8 Å². The van der Waals surface area contributed by atoms with Crippen molar-refractivity contribution in [2.75, 3.05) is 11.1 Å². The molecule has 0 aliphatic heterocycles. The molecule has 0 unspecified atom stereocenters. The topological polar surface area (TPSA) is 79.3 Å². The highest BCUT2D eigenvalue weighted by Gasteiger charge is 2.51. The quantitative estimate of drug-likeness (QED) is 0.549. The van der Waals surface area contributed by atoms with Crippen molar-refractivity contribution in [2.24, 2.45) is 29.6 Å². The summed E-state index contributed by atoms with van der Waals surface area (Å²) in [6.07, 6.45) is 4.71. The van der Waals surface area contributed by atoms with E-state index in [1.165, 1.54) is 0 Å². The van der Waals surface area contributed by atoms with Crippen molar-refractivity contribution in [1.82, 2.24) is 4.98 Å². The number of aliphatic carboxylic acids is 1. The highest BCUT2D eigenvalue weighted by Crippen LogP contribution is 2.48. The smallest absolute Gasteiger partial charge is 0.307 e. The molecular weight excluding hydrogens is 380 g/mol. The van der Waals surface area contributed by atoms with Gasteiger partial charge in [-0.2, -0.15) is 0 Å². The molecule has 2 aliphatic carbocycles. The molecule has 1 aromatic carbocycles. The van der Waals surface area contributed by atoms with E-state index in [1.54, 1.807) is 23.1 Å². The minimum absolute atomic E-state index is 0.0206. The van der Waals surface area contributed by atoms with Crippen LogP contribution < -0.4 is 5.32 Å². The number of allylic oxidation sites excluding steroid dienone is 2. The second-order valence-electron chi connectivity index (χ2n) is 7.69. The average molecular weight is 403 g/mol. The third-order valence-corrected chi connectivity index (χ3v) is 7.81. The van der Waals surface area contributed by atoms with Crippen LogP contribution >= 0.6 is 23.1 Å². The Morgan fingerprint density at radius 2 is 2.04 bits per heavy atom. The van der Waals surface area contributed by atoms with E-state index in [4.69, 9.17) is 0 Å². The van der Waals surface area contributed by atoms with Crippen LogP contribution in [0.15, 0.2) is 34.7 Å². The van der Waals surface area contributed by atoms with Gasteiger partial charge in [-0.25, -0.2) is 4.98 Å². The first-order chi connectivity index (χ1) is 12.9. The number of aromatic nitrogens is 1. The SMILES string of the molecule is CC(C)CSc1nc2ccc(NC(=O)[C@@H]3[C@@H](C(=O)O)[C@H]4C=C[C@H]3C4)cc2s1. The van der Waals surface area contributed by atoms with Gasteiger partial charge in [0.1, 0.15) is 0 Å². The predicted octanol–water partition coefficient (Wildman–Crippen LogP) is 4.51. The molecule has 1 fully saturated rings. The van der Waals surface area contributed by atoms with Crippen LogP contribution in [0.4, 0.5) is 5.69 Å². The fourth-order valence-electron chi connectivity index (χ4n) is 4.02. The minimum Gasteiger partial charge on any atom is -0.481 e. The van der Waals surface area contributed by atoms with Gasteiger partial charge in [0.25, 0.3) is 0 Å². The maximum atomic E-state index is 12.8. The number of fused-ring (bicyclic) bond motifs is 3. The van der Waals surface area contributed by atoms with Gasteiger partial charge in [-0.3, -0.25) is 9.59 Å². The summed E-state index contributed by atoms with van der Waals surface area (Å²) in [5.41, 5.74) is 1.63. The third kappa shape index (κ3) is 3.62. The lowest BCUT2D eigenvalue weighted by atomic mass is 9.82. The van der Waals surface area contributed by atoms with Crippen molar-refractivity contribution in [3.63, 3.8) is 0 Å². The monoisotopic (exact) mass is 402 g/mol. The molecule has 1 heterocycles. The molecule has 2 aliphatic rings. The number of carbonyl (C=O) groups excluding carboxylic acids is 1. The molecule has 7 heteroatoms. The predicted molar refractivity (Wildman–Crippen MR) is 109 cm³/mol. The summed E-state index contributed by atoms with van der Waals surface area (Å²) in [7, 11) is 0. The number of carbonyl (C=O) groups is 2. The van der Waals surface area contributed by atoms with Crippen molar-refractivity contribution >= 4 is 50.9 Å². The summed E-state index contributed by atoms with van der Waals surface area (Å²) < 4.78 is 2.06. The lowest BCUT2D eigenvalue weighted by molar-refractivity contribution is -0.146. The maximum Gasteiger partial charge on any atom is 0.307 e. The minimum atomic E-state index is -0.878. The first-order valence-electron chi connectivity index (χ1n) is 9.17. The molecule has 2 aromatic rings. The Hall–Kier alpha value is -1.86. The number of thioether (sulfide) groups is 1. The second kappa shape index (κ2) is 7.28. The Morgan fingerprint density at radius 3 is 2.74 bits per heavy atom. The van der Waals surface area contributed by atoms with Gasteiger partial charge in [-0.15, -0.1) is 11.3 Å². The molecule has 4 rings (SSSR count). The number of carboxylic acid groups (broad SMARTS) is 1. The summed E-state index contributed by atoms with van der Waals surface area (Å²) in [6.45, 7) is 4.37. The molecule has 1 amide bonds. The van der Waals surface area contributed by atoms with E-state index in [0.717, 1.165) is 26.7 Å². The van der Waals surface area contributed by atoms with Gasteiger partial charge in [-0.1, -0.05) is 37.8 Å². The van der Waals surface area contributed by atoms with Gasteiger partial charge in [0.05, 0.1) is 22.1 Å². The number of nitrogens with one attached hydrogen (secondary N) is 1. The first kappa shape index (κ1) is 18.5. The third-order valence-electron chi connectivity index (χ3n) is 5.22. The molecule has 5 nitrogen and oxygen atoms in total. The zero-order chi connectivity index (χ0) is 19.1. The number of rotatable bonds is 6. The summed E-state index contributed by atoms with van der Waals surface area (Å²) in [4.78, 5) is 29.1. The second-order valence-corrected chi connectivity index (χ2v) is 9.99. The summed E-state index contributed by atoms with van der Waals surface area (Å²) >= 11 is 3.38. The van der Waals surface area contributed by atoms with Gasteiger partial charge in [0.15, 0.2) is 4.34 Å². The van der Waals surface area contributed by atoms with Crippen LogP contribution in [-0.2, 0) is 9.59 Å². The molecule has 4 atom stereocenters. The summed E-state index contributed by atoms with van der Waals surface area (Å²) in [5.74, 6) is -0.547. The molecule has 0 spiro atoms. The number of thiazole rings is 1. The van der Waals surface area contributed by atoms with Gasteiger partial charge >= 0.3 is 5.97 Å².